The first-order valence-corrected chi connectivity index (χ1v) is 6.86. The first-order valence-electron chi connectivity index (χ1n) is 6.06. The van der Waals surface area contributed by atoms with Gasteiger partial charge in [0.1, 0.15) is 5.75 Å². The monoisotopic (exact) mass is 323 g/mol. The van der Waals surface area contributed by atoms with Crippen molar-refractivity contribution in [2.24, 2.45) is 12.8 Å². The summed E-state index contributed by atoms with van der Waals surface area (Å²) in [6.45, 7) is 4.54. The van der Waals surface area contributed by atoms with E-state index in [1.165, 1.54) is 5.56 Å². The van der Waals surface area contributed by atoms with E-state index in [2.05, 4.69) is 40.9 Å². The maximum atomic E-state index is 5.71. The second-order valence-electron chi connectivity index (χ2n) is 4.60. The van der Waals surface area contributed by atoms with Crippen LogP contribution >= 0.6 is 15.9 Å². The lowest BCUT2D eigenvalue weighted by atomic mass is 10.0. The number of halogens is 1. The highest BCUT2D eigenvalue weighted by atomic mass is 79.9. The Labute approximate surface area is 121 Å². The molecular formula is C14H18BrN3O. The van der Waals surface area contributed by atoms with Crippen LogP contribution in [0.5, 0.6) is 5.75 Å². The van der Waals surface area contributed by atoms with Crippen molar-refractivity contribution in [3.63, 3.8) is 0 Å². The molecule has 0 radical (unpaired) electrons. The van der Waals surface area contributed by atoms with Crippen LogP contribution in [-0.2, 0) is 13.6 Å². The highest BCUT2D eigenvalue weighted by Gasteiger charge is 2.20. The highest BCUT2D eigenvalue weighted by Crippen LogP contribution is 2.39. The van der Waals surface area contributed by atoms with Crippen molar-refractivity contribution < 1.29 is 4.74 Å². The lowest BCUT2D eigenvalue weighted by molar-refractivity contribution is 0.415. The molecule has 2 rings (SSSR count). The molecule has 0 atom stereocenters. The summed E-state index contributed by atoms with van der Waals surface area (Å²) in [6.07, 6.45) is 0. The van der Waals surface area contributed by atoms with E-state index in [0.717, 1.165) is 32.7 Å². The van der Waals surface area contributed by atoms with E-state index >= 15 is 0 Å². The van der Waals surface area contributed by atoms with E-state index in [0.29, 0.717) is 6.54 Å². The zero-order valence-corrected chi connectivity index (χ0v) is 13.2. The van der Waals surface area contributed by atoms with Crippen molar-refractivity contribution in [1.29, 1.82) is 0 Å². The maximum absolute atomic E-state index is 5.71. The van der Waals surface area contributed by atoms with E-state index < -0.39 is 0 Å². The van der Waals surface area contributed by atoms with E-state index in [1.54, 1.807) is 7.11 Å². The smallest absolute Gasteiger partial charge is 0.128 e. The van der Waals surface area contributed by atoms with Crippen LogP contribution in [0.4, 0.5) is 0 Å². The Balaban J connectivity index is 2.75. The van der Waals surface area contributed by atoms with Crippen LogP contribution in [0.25, 0.3) is 11.3 Å². The third kappa shape index (κ3) is 2.40. The molecular weight excluding hydrogens is 306 g/mol. The quantitative estimate of drug-likeness (QED) is 0.944. The van der Waals surface area contributed by atoms with Gasteiger partial charge in [-0.1, -0.05) is 6.07 Å². The average molecular weight is 324 g/mol. The number of nitrogens with two attached hydrogens (primary N) is 1. The normalized spacial score (nSPS) is 10.8. The average Bonchev–Trinajstić information content (AvgIpc) is 2.64. The Hall–Kier alpha value is -1.33. The number of ether oxygens (including phenoxy) is 1. The van der Waals surface area contributed by atoms with Gasteiger partial charge in [0.2, 0.25) is 0 Å². The Kier molecular flexibility index (Phi) is 3.96. The van der Waals surface area contributed by atoms with Gasteiger partial charge in [-0.2, -0.15) is 5.10 Å². The minimum atomic E-state index is 0.404. The van der Waals surface area contributed by atoms with Crippen molar-refractivity contribution in [3.8, 4) is 17.0 Å². The first-order chi connectivity index (χ1) is 8.99. The molecule has 0 fully saturated rings. The molecule has 0 aliphatic carbocycles. The minimum absolute atomic E-state index is 0.404. The number of hydrogen-bond donors (Lipinski definition) is 1. The minimum Gasteiger partial charge on any atom is -0.496 e. The molecule has 0 aliphatic heterocycles. The van der Waals surface area contributed by atoms with E-state index in [9.17, 15) is 0 Å². The molecule has 2 aromatic rings. The van der Waals surface area contributed by atoms with Gasteiger partial charge in [0.15, 0.2) is 0 Å². The zero-order chi connectivity index (χ0) is 14.2. The number of benzene rings is 1. The summed E-state index contributed by atoms with van der Waals surface area (Å²) >= 11 is 3.60. The van der Waals surface area contributed by atoms with Crippen LogP contribution < -0.4 is 10.5 Å². The number of hydrogen-bond acceptors (Lipinski definition) is 3. The van der Waals surface area contributed by atoms with Gasteiger partial charge in [-0.15, -0.1) is 0 Å². The SMILES string of the molecule is COc1cc(C)cc(C)c1-c1c(Br)c(CN)nn1C. The standard InChI is InChI=1S/C14H18BrN3O/c1-8-5-9(2)12(11(6-8)19-4)14-13(15)10(7-16)17-18(14)3/h5-6H,7,16H2,1-4H3. The molecule has 1 aromatic carbocycles. The molecule has 0 amide bonds. The predicted octanol–water partition coefficient (Wildman–Crippen LogP) is 2.93. The number of nitrogens with zero attached hydrogens (tertiary/aromatic N) is 2. The van der Waals surface area contributed by atoms with Crippen LogP contribution in [0.2, 0.25) is 0 Å². The lowest BCUT2D eigenvalue weighted by Gasteiger charge is -2.14. The summed E-state index contributed by atoms with van der Waals surface area (Å²) in [5.41, 5.74) is 10.9. The Morgan fingerprint density at radius 2 is 2.05 bits per heavy atom. The van der Waals surface area contributed by atoms with Gasteiger partial charge in [-0.25, -0.2) is 0 Å². The van der Waals surface area contributed by atoms with Crippen molar-refractivity contribution >= 4 is 15.9 Å². The molecule has 0 spiro atoms. The van der Waals surface area contributed by atoms with Gasteiger partial charge < -0.3 is 10.5 Å². The van der Waals surface area contributed by atoms with Crippen LogP contribution in [0.3, 0.4) is 0 Å². The topological polar surface area (TPSA) is 53.1 Å². The molecule has 19 heavy (non-hydrogen) atoms. The van der Waals surface area contributed by atoms with Crippen LogP contribution in [0, 0.1) is 13.8 Å². The zero-order valence-electron chi connectivity index (χ0n) is 11.6. The molecule has 0 saturated carbocycles. The number of aryl methyl sites for hydroxylation is 3. The van der Waals surface area contributed by atoms with E-state index in [4.69, 9.17) is 10.5 Å². The largest absolute Gasteiger partial charge is 0.496 e. The Morgan fingerprint density at radius 1 is 1.37 bits per heavy atom. The molecule has 4 nitrogen and oxygen atoms in total. The van der Waals surface area contributed by atoms with Gasteiger partial charge in [-0.05, 0) is 47.0 Å². The second-order valence-corrected chi connectivity index (χ2v) is 5.39. The fourth-order valence-corrected chi connectivity index (χ4v) is 3.04. The van der Waals surface area contributed by atoms with Crippen molar-refractivity contribution in [1.82, 2.24) is 9.78 Å². The summed E-state index contributed by atoms with van der Waals surface area (Å²) in [4.78, 5) is 0. The molecule has 102 valence electrons. The van der Waals surface area contributed by atoms with Crippen LogP contribution in [-0.4, -0.2) is 16.9 Å². The number of methoxy groups -OCH3 is 1. The summed E-state index contributed by atoms with van der Waals surface area (Å²) < 4.78 is 8.29. The molecule has 5 heteroatoms. The maximum Gasteiger partial charge on any atom is 0.128 e. The van der Waals surface area contributed by atoms with Gasteiger partial charge in [-0.3, -0.25) is 4.68 Å². The first kappa shape index (κ1) is 14.1. The van der Waals surface area contributed by atoms with Crippen molar-refractivity contribution in [3.05, 3.63) is 33.4 Å². The fraction of sp³-hybridized carbons (Fsp3) is 0.357. The van der Waals surface area contributed by atoms with Crippen LogP contribution in [0.1, 0.15) is 16.8 Å². The molecule has 2 N–H and O–H groups in total. The van der Waals surface area contributed by atoms with Gasteiger partial charge in [0.05, 0.1) is 23.0 Å². The fourth-order valence-electron chi connectivity index (χ4n) is 2.35. The summed E-state index contributed by atoms with van der Waals surface area (Å²) in [7, 11) is 3.60. The summed E-state index contributed by atoms with van der Waals surface area (Å²) in [6, 6.07) is 4.17. The Bertz CT molecular complexity index is 620. The molecule has 0 bridgehead atoms. The highest BCUT2D eigenvalue weighted by molar-refractivity contribution is 9.10. The van der Waals surface area contributed by atoms with Gasteiger partial charge >= 0.3 is 0 Å². The third-order valence-corrected chi connectivity index (χ3v) is 3.98. The number of aromatic nitrogens is 2. The summed E-state index contributed by atoms with van der Waals surface area (Å²) in [5, 5.41) is 4.43. The molecule has 1 heterocycles. The van der Waals surface area contributed by atoms with Crippen LogP contribution in [0.15, 0.2) is 16.6 Å². The second kappa shape index (κ2) is 5.35. The van der Waals surface area contributed by atoms with E-state index in [1.807, 2.05) is 17.8 Å². The lowest BCUT2D eigenvalue weighted by Crippen LogP contribution is -2.00. The summed E-state index contributed by atoms with van der Waals surface area (Å²) in [5.74, 6) is 0.852. The molecule has 0 unspecified atom stereocenters. The van der Waals surface area contributed by atoms with Crippen molar-refractivity contribution in [2.75, 3.05) is 7.11 Å². The third-order valence-electron chi connectivity index (χ3n) is 3.15. The molecule has 1 aromatic heterocycles. The Morgan fingerprint density at radius 3 is 2.58 bits per heavy atom. The molecule has 0 aliphatic rings. The predicted molar refractivity (Wildman–Crippen MR) is 80.3 cm³/mol. The van der Waals surface area contributed by atoms with Gasteiger partial charge in [0.25, 0.3) is 0 Å². The van der Waals surface area contributed by atoms with Gasteiger partial charge in [0, 0.05) is 19.2 Å². The molecule has 0 saturated heterocycles. The van der Waals surface area contributed by atoms with E-state index in [-0.39, 0.29) is 0 Å². The van der Waals surface area contributed by atoms with Crippen molar-refractivity contribution in [2.45, 2.75) is 20.4 Å². The number of rotatable bonds is 3.